The molecule has 0 saturated heterocycles. The Balaban J connectivity index is 1.76. The van der Waals surface area contributed by atoms with E-state index in [-0.39, 0.29) is 0 Å². The third kappa shape index (κ3) is 13.7. The number of hydrogen-bond acceptors (Lipinski definition) is 0. The monoisotopic (exact) mass is 1350 g/mol. The molecule has 6 rings (SSSR count). The Hall–Kier alpha value is -2.31. The first-order valence-corrected chi connectivity index (χ1v) is 46.2. The summed E-state index contributed by atoms with van der Waals surface area (Å²) in [5.74, 6) is 5.21. The Morgan fingerprint density at radius 2 is 0.387 bits per heavy atom. The van der Waals surface area contributed by atoms with E-state index >= 15 is 0 Å². The van der Waals surface area contributed by atoms with Crippen LogP contribution in [-0.4, -0.2) is 47.3 Å². The summed E-state index contributed by atoms with van der Waals surface area (Å²) in [5.41, 5.74) is 30.5. The molecule has 404 valence electrons. The standard InChI is InChI=1S/C72H98Te3/c1-39(2)51-31-59(43(9)10)67(60(32-51)44(11)12)55-27-25-28-56(68-61(45(13)14)33-52(40(3)4)34-62(68)46(15)16)71(55)73-75-74-72-57(69-63(47(17)18)35-53(41(5)6)36-64(69)48(19)20)29-26-30-58(72)70-65(49(21)22)37-54(42(7)8)38-66(70)50(23)24/h25-50H,1-24H3. The molecule has 0 aliphatic rings. The molecule has 0 bridgehead atoms. The second-order valence-electron chi connectivity index (χ2n) is 25.8. The fourth-order valence-corrected chi connectivity index (χ4v) is 46.6. The van der Waals surface area contributed by atoms with Crippen molar-refractivity contribution in [3.05, 3.63) is 152 Å². The van der Waals surface area contributed by atoms with Gasteiger partial charge in [-0.15, -0.1) is 0 Å². The van der Waals surface area contributed by atoms with Gasteiger partial charge in [0.1, 0.15) is 0 Å². The molecule has 0 amide bonds. The summed E-state index contributed by atoms with van der Waals surface area (Å²) >= 11 is -1.71. The molecule has 6 aromatic rings. The van der Waals surface area contributed by atoms with E-state index in [0.717, 1.165) is 0 Å². The first kappa shape index (κ1) is 61.9. The molecule has 0 atom stereocenters. The topological polar surface area (TPSA) is 0 Å². The van der Waals surface area contributed by atoms with Crippen LogP contribution in [0, 0.1) is 0 Å². The molecular formula is C72H98Te3. The SMILES string of the molecule is CC(C)c1cc(C(C)C)c(-c2cccc(-c3c(C(C)C)cc(C(C)C)cc3C(C)C)c2[Te][Te][Te]c2c(-c3c(C(C)C)cc(C(C)C)cc3C(C)C)cccc2-c2c(C(C)C)cc(C(C)C)cc2C(C)C)c(C(C)C)c1. The molecule has 0 aliphatic heterocycles. The minimum atomic E-state index is -0.631. The molecule has 0 aliphatic carbocycles. The van der Waals surface area contributed by atoms with Crippen LogP contribution >= 0.6 is 0 Å². The van der Waals surface area contributed by atoms with Crippen molar-refractivity contribution < 1.29 is 0 Å². The zero-order chi connectivity index (χ0) is 55.7. The van der Waals surface area contributed by atoms with Crippen molar-refractivity contribution in [2.75, 3.05) is 0 Å². The Bertz CT molecular complexity index is 2430. The normalized spacial score (nSPS) is 12.5. The fraction of sp³-hybridized carbons (Fsp3) is 0.500. The first-order chi connectivity index (χ1) is 35.2. The van der Waals surface area contributed by atoms with Crippen molar-refractivity contribution in [2.24, 2.45) is 0 Å². The number of benzene rings is 6. The van der Waals surface area contributed by atoms with Crippen LogP contribution in [0.25, 0.3) is 44.5 Å². The van der Waals surface area contributed by atoms with Crippen LogP contribution in [0.15, 0.2) is 84.9 Å². The summed E-state index contributed by atoms with van der Waals surface area (Å²) in [5, 5.41) is 0. The van der Waals surface area contributed by atoms with E-state index in [1.54, 1.807) is 51.7 Å². The molecule has 0 aromatic heterocycles. The van der Waals surface area contributed by atoms with Crippen LogP contribution in [0.5, 0.6) is 0 Å². The van der Waals surface area contributed by atoms with Crippen molar-refractivity contribution in [1.29, 1.82) is 0 Å². The van der Waals surface area contributed by atoms with Crippen LogP contribution in [0.4, 0.5) is 0 Å². The van der Waals surface area contributed by atoms with Crippen molar-refractivity contribution in [3.8, 4) is 44.5 Å². The zero-order valence-corrected chi connectivity index (χ0v) is 58.2. The molecule has 0 radical (unpaired) electrons. The zero-order valence-electron chi connectivity index (χ0n) is 51.2. The van der Waals surface area contributed by atoms with E-state index in [2.05, 4.69) is 251 Å². The maximum absolute atomic E-state index is 2.60. The molecule has 0 N–H and O–H groups in total. The van der Waals surface area contributed by atoms with Gasteiger partial charge in [-0.2, -0.15) is 0 Å². The Morgan fingerprint density at radius 3 is 0.520 bits per heavy atom. The molecule has 0 spiro atoms. The minimum absolute atomic E-state index is 0.413. The fourth-order valence-electron chi connectivity index (χ4n) is 11.2. The Morgan fingerprint density at radius 1 is 0.227 bits per heavy atom. The van der Waals surface area contributed by atoms with E-state index in [1.807, 2.05) is 0 Å². The average molecular weight is 1350 g/mol. The van der Waals surface area contributed by atoms with Crippen molar-refractivity contribution >= 4 is 54.5 Å². The van der Waals surface area contributed by atoms with Crippen LogP contribution in [0.2, 0.25) is 0 Å². The number of rotatable bonds is 20. The Labute approximate surface area is 483 Å². The van der Waals surface area contributed by atoms with E-state index in [1.165, 1.54) is 66.8 Å². The molecule has 0 fully saturated rings. The second kappa shape index (κ2) is 26.3. The van der Waals surface area contributed by atoms with Gasteiger partial charge in [0.25, 0.3) is 0 Å². The third-order valence-electron chi connectivity index (χ3n) is 15.9. The quantitative estimate of drug-likeness (QED) is 0.0669. The summed E-state index contributed by atoms with van der Waals surface area (Å²) in [4.78, 5) is 0. The van der Waals surface area contributed by atoms with E-state index in [0.29, 0.717) is 71.0 Å². The van der Waals surface area contributed by atoms with Crippen LogP contribution < -0.4 is 7.22 Å². The second-order valence-corrected chi connectivity index (χ2v) is 55.9. The van der Waals surface area contributed by atoms with E-state index in [4.69, 9.17) is 0 Å². The van der Waals surface area contributed by atoms with E-state index in [9.17, 15) is 0 Å². The summed E-state index contributed by atoms with van der Waals surface area (Å²) in [7, 11) is 0. The summed E-state index contributed by atoms with van der Waals surface area (Å²) in [6.07, 6.45) is 0. The molecule has 3 heteroatoms. The van der Waals surface area contributed by atoms with Crippen molar-refractivity contribution in [2.45, 2.75) is 237 Å². The first-order valence-electron chi connectivity index (χ1n) is 29.2. The van der Waals surface area contributed by atoms with Gasteiger partial charge in [-0.25, -0.2) is 0 Å². The molecule has 0 unspecified atom stereocenters. The maximum atomic E-state index is 2.60. The summed E-state index contributed by atoms with van der Waals surface area (Å²) in [6, 6.07) is 36.0. The molecule has 0 saturated carbocycles. The molecule has 0 nitrogen and oxygen atoms in total. The van der Waals surface area contributed by atoms with Gasteiger partial charge in [-0.3, -0.25) is 0 Å². The molecule has 0 heterocycles. The van der Waals surface area contributed by atoms with Gasteiger partial charge in [-0.05, 0) is 0 Å². The van der Waals surface area contributed by atoms with Crippen LogP contribution in [0.1, 0.15) is 304 Å². The summed E-state index contributed by atoms with van der Waals surface area (Å²) < 4.78 is 3.46. The van der Waals surface area contributed by atoms with Gasteiger partial charge >= 0.3 is 488 Å². The molecular weight excluding hydrogens is 1250 g/mol. The van der Waals surface area contributed by atoms with Gasteiger partial charge in [0.15, 0.2) is 0 Å². The van der Waals surface area contributed by atoms with Gasteiger partial charge in [-0.1, -0.05) is 0 Å². The molecule has 6 aromatic carbocycles. The molecule has 75 heavy (non-hydrogen) atoms. The predicted octanol–water partition coefficient (Wildman–Crippen LogP) is 20.7. The van der Waals surface area contributed by atoms with E-state index < -0.39 is 47.3 Å². The van der Waals surface area contributed by atoms with Gasteiger partial charge in [0.05, 0.1) is 0 Å². The van der Waals surface area contributed by atoms with Crippen LogP contribution in [0.3, 0.4) is 0 Å². The van der Waals surface area contributed by atoms with Gasteiger partial charge < -0.3 is 0 Å². The summed E-state index contributed by atoms with van der Waals surface area (Å²) in [6.45, 7) is 58.1. The predicted molar refractivity (Wildman–Crippen MR) is 340 cm³/mol. The van der Waals surface area contributed by atoms with Gasteiger partial charge in [0, 0.05) is 0 Å². The van der Waals surface area contributed by atoms with Crippen molar-refractivity contribution in [1.82, 2.24) is 0 Å². The Kier molecular flexibility index (Phi) is 21.7. The number of hydrogen-bond donors (Lipinski definition) is 0. The van der Waals surface area contributed by atoms with Gasteiger partial charge in [0.2, 0.25) is 0 Å². The third-order valence-corrected chi connectivity index (χ3v) is 46.2. The van der Waals surface area contributed by atoms with Crippen molar-refractivity contribution in [3.63, 3.8) is 0 Å². The average Bonchev–Trinajstić information content (AvgIpc) is 3.34. The van der Waals surface area contributed by atoms with Crippen LogP contribution in [-0.2, 0) is 0 Å².